The van der Waals surface area contributed by atoms with E-state index in [1.165, 1.54) is 0 Å². The van der Waals surface area contributed by atoms with Gasteiger partial charge in [0.25, 0.3) is 0 Å². The summed E-state index contributed by atoms with van der Waals surface area (Å²) in [6.07, 6.45) is 0. The molecule has 0 spiro atoms. The summed E-state index contributed by atoms with van der Waals surface area (Å²) in [6.45, 7) is 1.22. The second-order valence-corrected chi connectivity index (χ2v) is 6.41. The fourth-order valence-electron chi connectivity index (χ4n) is 3.06. The topological polar surface area (TPSA) is 59.0 Å². The molecule has 3 rings (SSSR count). The van der Waals surface area contributed by atoms with Crippen LogP contribution in [0.2, 0.25) is 0 Å². The summed E-state index contributed by atoms with van der Waals surface area (Å²) < 4.78 is 10.7. The smallest absolute Gasteiger partial charge is 0.335 e. The molecular weight excluding hydrogens is 354 g/mol. The summed E-state index contributed by atoms with van der Waals surface area (Å²) in [4.78, 5) is 13.5. The average molecular weight is 377 g/mol. The van der Waals surface area contributed by atoms with Gasteiger partial charge in [0.05, 0.1) is 19.8 Å². The lowest BCUT2D eigenvalue weighted by atomic mass is 10.1. The Bertz CT molecular complexity index is 905. The lowest BCUT2D eigenvalue weighted by Crippen LogP contribution is -2.22. The molecule has 0 saturated heterocycles. The molecule has 0 saturated carbocycles. The maximum atomic E-state index is 11.4. The van der Waals surface area contributed by atoms with Gasteiger partial charge in [-0.25, -0.2) is 4.79 Å². The number of methoxy groups -OCH3 is 2. The summed E-state index contributed by atoms with van der Waals surface area (Å²) in [5, 5.41) is 9.36. The molecule has 0 amide bonds. The molecule has 0 atom stereocenters. The first kappa shape index (κ1) is 19.3. The summed E-state index contributed by atoms with van der Waals surface area (Å²) >= 11 is 0. The summed E-state index contributed by atoms with van der Waals surface area (Å²) in [5.74, 6) is 0.640. The molecule has 3 aromatic rings. The Morgan fingerprint density at radius 2 is 1.36 bits per heavy atom. The van der Waals surface area contributed by atoms with Gasteiger partial charge in [-0.1, -0.05) is 30.3 Å². The number of benzene rings is 3. The molecular formula is C23H23NO4. The first-order chi connectivity index (χ1) is 13.6. The van der Waals surface area contributed by atoms with E-state index in [0.717, 1.165) is 28.3 Å². The largest absolute Gasteiger partial charge is 0.497 e. The van der Waals surface area contributed by atoms with Crippen LogP contribution in [0.15, 0.2) is 72.8 Å². The maximum Gasteiger partial charge on any atom is 0.335 e. The van der Waals surface area contributed by atoms with Gasteiger partial charge in [-0.15, -0.1) is 0 Å². The third-order valence-corrected chi connectivity index (χ3v) is 4.47. The Morgan fingerprint density at radius 1 is 0.821 bits per heavy atom. The number of aromatic carboxylic acids is 1. The lowest BCUT2D eigenvalue weighted by molar-refractivity contribution is 0.0697. The number of carboxylic acid groups (broad SMARTS) is 1. The van der Waals surface area contributed by atoms with Crippen LogP contribution in [0.4, 0.5) is 5.69 Å². The van der Waals surface area contributed by atoms with Gasteiger partial charge in [-0.3, -0.25) is 0 Å². The third-order valence-electron chi connectivity index (χ3n) is 4.47. The first-order valence-electron chi connectivity index (χ1n) is 8.93. The van der Waals surface area contributed by atoms with Crippen LogP contribution in [0.5, 0.6) is 11.5 Å². The van der Waals surface area contributed by atoms with Crippen molar-refractivity contribution >= 4 is 11.7 Å². The normalized spacial score (nSPS) is 10.4. The van der Waals surface area contributed by atoms with E-state index in [-0.39, 0.29) is 5.56 Å². The highest BCUT2D eigenvalue weighted by Gasteiger charge is 2.12. The van der Waals surface area contributed by atoms with E-state index < -0.39 is 5.97 Å². The monoisotopic (exact) mass is 377 g/mol. The molecule has 1 N–H and O–H groups in total. The minimum Gasteiger partial charge on any atom is -0.497 e. The summed E-state index contributed by atoms with van der Waals surface area (Å²) in [5.41, 5.74) is 3.25. The van der Waals surface area contributed by atoms with E-state index in [0.29, 0.717) is 13.1 Å². The van der Waals surface area contributed by atoms with Crippen molar-refractivity contribution in [1.29, 1.82) is 0 Å². The Labute approximate surface area is 164 Å². The highest BCUT2D eigenvalue weighted by atomic mass is 16.5. The van der Waals surface area contributed by atoms with Gasteiger partial charge in [0, 0.05) is 18.8 Å². The van der Waals surface area contributed by atoms with E-state index >= 15 is 0 Å². The predicted octanol–water partition coefficient (Wildman–Crippen LogP) is 4.61. The van der Waals surface area contributed by atoms with Crippen LogP contribution in [0.1, 0.15) is 21.5 Å². The van der Waals surface area contributed by atoms with Crippen molar-refractivity contribution in [1.82, 2.24) is 0 Å². The van der Waals surface area contributed by atoms with Gasteiger partial charge < -0.3 is 19.5 Å². The van der Waals surface area contributed by atoms with Crippen molar-refractivity contribution in [3.63, 3.8) is 0 Å². The molecule has 5 nitrogen and oxygen atoms in total. The van der Waals surface area contributed by atoms with E-state index in [9.17, 15) is 9.90 Å². The second-order valence-electron chi connectivity index (χ2n) is 6.41. The molecule has 0 bridgehead atoms. The van der Waals surface area contributed by atoms with Crippen LogP contribution >= 0.6 is 0 Å². The SMILES string of the molecule is COc1cccc(CN(Cc2cccc(OC)c2)c2cccc(C(=O)O)c2)c1. The van der Waals surface area contributed by atoms with Gasteiger partial charge in [-0.2, -0.15) is 0 Å². The molecule has 0 radical (unpaired) electrons. The van der Waals surface area contributed by atoms with Crippen molar-refractivity contribution in [2.24, 2.45) is 0 Å². The van der Waals surface area contributed by atoms with Gasteiger partial charge in [-0.05, 0) is 53.6 Å². The molecule has 3 aromatic carbocycles. The van der Waals surface area contributed by atoms with Gasteiger partial charge in [0.1, 0.15) is 11.5 Å². The van der Waals surface area contributed by atoms with Crippen LogP contribution in [0, 0.1) is 0 Å². The number of carbonyl (C=O) groups is 1. The first-order valence-corrected chi connectivity index (χ1v) is 8.93. The predicted molar refractivity (Wildman–Crippen MR) is 109 cm³/mol. The van der Waals surface area contributed by atoms with Crippen molar-refractivity contribution in [3.05, 3.63) is 89.5 Å². The number of hydrogen-bond acceptors (Lipinski definition) is 4. The molecule has 144 valence electrons. The molecule has 0 aliphatic rings. The number of ether oxygens (including phenoxy) is 2. The standard InChI is InChI=1S/C23H23NO4/c1-27-21-10-3-6-17(12-21)15-24(16-18-7-4-11-22(13-18)28-2)20-9-5-8-19(14-20)23(25)26/h3-14H,15-16H2,1-2H3,(H,25,26). The molecule has 0 unspecified atom stereocenters. The molecule has 5 heteroatoms. The Morgan fingerprint density at radius 3 is 1.86 bits per heavy atom. The van der Waals surface area contributed by atoms with Crippen molar-refractivity contribution in [2.75, 3.05) is 19.1 Å². The number of carboxylic acids is 1. The summed E-state index contributed by atoms with van der Waals surface area (Å²) in [6, 6.07) is 22.7. The fourth-order valence-corrected chi connectivity index (χ4v) is 3.06. The van der Waals surface area contributed by atoms with E-state index in [1.54, 1.807) is 32.4 Å². The third kappa shape index (κ3) is 4.82. The average Bonchev–Trinajstić information content (AvgIpc) is 2.73. The minimum absolute atomic E-state index is 0.263. The highest BCUT2D eigenvalue weighted by molar-refractivity contribution is 5.88. The van der Waals surface area contributed by atoms with Gasteiger partial charge in [0.15, 0.2) is 0 Å². The molecule has 0 aliphatic heterocycles. The lowest BCUT2D eigenvalue weighted by Gasteiger charge is -2.26. The van der Waals surface area contributed by atoms with E-state index in [4.69, 9.17) is 9.47 Å². The summed E-state index contributed by atoms with van der Waals surface area (Å²) in [7, 11) is 3.28. The van der Waals surface area contributed by atoms with E-state index in [2.05, 4.69) is 4.90 Å². The molecule has 0 aromatic heterocycles. The van der Waals surface area contributed by atoms with Crippen LogP contribution in [0.3, 0.4) is 0 Å². The molecule has 28 heavy (non-hydrogen) atoms. The Balaban J connectivity index is 1.94. The zero-order valence-electron chi connectivity index (χ0n) is 16.0. The Kier molecular flexibility index (Phi) is 6.17. The minimum atomic E-state index is -0.940. The molecule has 0 heterocycles. The van der Waals surface area contributed by atoms with Crippen LogP contribution in [-0.2, 0) is 13.1 Å². The van der Waals surface area contributed by atoms with Crippen LogP contribution in [-0.4, -0.2) is 25.3 Å². The van der Waals surface area contributed by atoms with Crippen LogP contribution in [0.25, 0.3) is 0 Å². The highest BCUT2D eigenvalue weighted by Crippen LogP contribution is 2.24. The van der Waals surface area contributed by atoms with Crippen molar-refractivity contribution in [3.8, 4) is 11.5 Å². The zero-order chi connectivity index (χ0) is 19.9. The number of rotatable bonds is 8. The van der Waals surface area contributed by atoms with Crippen molar-refractivity contribution in [2.45, 2.75) is 13.1 Å². The van der Waals surface area contributed by atoms with Gasteiger partial charge in [0.2, 0.25) is 0 Å². The number of nitrogens with zero attached hydrogens (tertiary/aromatic N) is 1. The fraction of sp³-hybridized carbons (Fsp3) is 0.174. The van der Waals surface area contributed by atoms with E-state index in [1.807, 2.05) is 54.6 Å². The number of anilines is 1. The zero-order valence-corrected chi connectivity index (χ0v) is 16.0. The quantitative estimate of drug-likeness (QED) is 0.621. The molecule has 0 aliphatic carbocycles. The maximum absolute atomic E-state index is 11.4. The van der Waals surface area contributed by atoms with Gasteiger partial charge >= 0.3 is 5.97 Å². The molecule has 0 fully saturated rings. The number of hydrogen-bond donors (Lipinski definition) is 1. The van der Waals surface area contributed by atoms with Crippen LogP contribution < -0.4 is 14.4 Å². The van der Waals surface area contributed by atoms with Crippen molar-refractivity contribution < 1.29 is 19.4 Å². The Hall–Kier alpha value is -3.47. The second kappa shape index (κ2) is 8.95.